The molecule has 0 fully saturated rings. The van der Waals surface area contributed by atoms with Crippen molar-refractivity contribution in [1.82, 2.24) is 9.88 Å². The molecule has 6 heteroatoms. The zero-order valence-electron chi connectivity index (χ0n) is 17.9. The average molecular weight is 396 g/mol. The number of hydrogen-bond donors (Lipinski definition) is 0. The van der Waals surface area contributed by atoms with Crippen molar-refractivity contribution in [2.45, 2.75) is 13.0 Å². The van der Waals surface area contributed by atoms with Crippen LogP contribution < -0.4 is 18.9 Å². The number of nitrogens with zero attached hydrogens (tertiary/aromatic N) is 2. The first-order valence-electron chi connectivity index (χ1n) is 9.48. The molecule has 29 heavy (non-hydrogen) atoms. The lowest BCUT2D eigenvalue weighted by molar-refractivity contribution is 0.179. The van der Waals surface area contributed by atoms with Crippen LogP contribution in [0.4, 0.5) is 0 Å². The molecule has 2 aromatic carbocycles. The largest absolute Gasteiger partial charge is 0.497 e. The van der Waals surface area contributed by atoms with Crippen LogP contribution in [0.2, 0.25) is 0 Å². The van der Waals surface area contributed by atoms with E-state index in [1.165, 1.54) is 0 Å². The van der Waals surface area contributed by atoms with E-state index >= 15 is 0 Å². The van der Waals surface area contributed by atoms with Crippen molar-refractivity contribution in [2.75, 3.05) is 42.0 Å². The molecule has 0 amide bonds. The van der Waals surface area contributed by atoms with Crippen LogP contribution in [-0.4, -0.2) is 58.0 Å². The molecule has 1 aromatic heterocycles. The second-order valence-corrected chi connectivity index (χ2v) is 7.11. The Morgan fingerprint density at radius 3 is 2.14 bits per heavy atom. The number of pyridine rings is 1. The van der Waals surface area contributed by atoms with Crippen LogP contribution in [0.15, 0.2) is 42.6 Å². The number of likely N-dealkylation sites (N-methyl/N-ethyl adjacent to an activating group) is 1. The van der Waals surface area contributed by atoms with Gasteiger partial charge in [-0.25, -0.2) is 0 Å². The maximum Gasteiger partial charge on any atom is 0.145 e. The number of methoxy groups -OCH3 is 3. The van der Waals surface area contributed by atoms with E-state index in [0.29, 0.717) is 17.0 Å². The third-order valence-electron chi connectivity index (χ3n) is 4.68. The highest BCUT2D eigenvalue weighted by Gasteiger charge is 2.21. The summed E-state index contributed by atoms with van der Waals surface area (Å²) in [6.45, 7) is 2.83. The Kier molecular flexibility index (Phi) is 6.44. The number of aromatic nitrogens is 1. The van der Waals surface area contributed by atoms with Gasteiger partial charge in [-0.15, -0.1) is 0 Å². The van der Waals surface area contributed by atoms with Gasteiger partial charge in [0.05, 0.1) is 26.7 Å². The SMILES string of the molecule is COc1ccc(-c2cnc3c(OC)ccc(OC)c3c2OC(C)CN(C)C)cc1. The molecule has 0 saturated heterocycles. The molecule has 0 spiro atoms. The van der Waals surface area contributed by atoms with E-state index in [9.17, 15) is 0 Å². The molecule has 0 aliphatic heterocycles. The Morgan fingerprint density at radius 1 is 0.897 bits per heavy atom. The van der Waals surface area contributed by atoms with Crippen LogP contribution in [0.25, 0.3) is 22.0 Å². The maximum atomic E-state index is 6.47. The van der Waals surface area contributed by atoms with Crippen molar-refractivity contribution < 1.29 is 18.9 Å². The smallest absolute Gasteiger partial charge is 0.145 e. The Labute approximate surface area is 172 Å². The highest BCUT2D eigenvalue weighted by Crippen LogP contribution is 2.44. The molecule has 0 aliphatic carbocycles. The monoisotopic (exact) mass is 396 g/mol. The zero-order chi connectivity index (χ0) is 21.0. The van der Waals surface area contributed by atoms with Gasteiger partial charge >= 0.3 is 0 Å². The molecule has 0 saturated carbocycles. The highest BCUT2D eigenvalue weighted by atomic mass is 16.5. The van der Waals surface area contributed by atoms with E-state index in [-0.39, 0.29) is 6.10 Å². The van der Waals surface area contributed by atoms with E-state index in [2.05, 4.69) is 16.8 Å². The number of benzene rings is 2. The van der Waals surface area contributed by atoms with E-state index in [0.717, 1.165) is 34.6 Å². The van der Waals surface area contributed by atoms with Crippen molar-refractivity contribution in [2.24, 2.45) is 0 Å². The van der Waals surface area contributed by atoms with E-state index in [4.69, 9.17) is 18.9 Å². The molecule has 3 rings (SSSR count). The summed E-state index contributed by atoms with van der Waals surface area (Å²) in [7, 11) is 8.99. The van der Waals surface area contributed by atoms with Gasteiger partial charge in [0, 0.05) is 18.3 Å². The van der Waals surface area contributed by atoms with Crippen LogP contribution in [-0.2, 0) is 0 Å². The molecule has 0 aliphatic rings. The molecule has 0 N–H and O–H groups in total. The summed E-state index contributed by atoms with van der Waals surface area (Å²) in [5.41, 5.74) is 2.57. The second-order valence-electron chi connectivity index (χ2n) is 7.11. The molecule has 1 unspecified atom stereocenters. The third kappa shape index (κ3) is 4.38. The van der Waals surface area contributed by atoms with Gasteiger partial charge in [-0.3, -0.25) is 4.98 Å². The lowest BCUT2D eigenvalue weighted by atomic mass is 10.0. The molecule has 0 radical (unpaired) electrons. The van der Waals surface area contributed by atoms with Crippen molar-refractivity contribution in [3.8, 4) is 34.1 Å². The van der Waals surface area contributed by atoms with Gasteiger partial charge in [0.25, 0.3) is 0 Å². The van der Waals surface area contributed by atoms with E-state index in [1.54, 1.807) is 21.3 Å². The first-order valence-corrected chi connectivity index (χ1v) is 9.48. The Hall–Kier alpha value is -2.99. The predicted molar refractivity (Wildman–Crippen MR) is 115 cm³/mol. The fourth-order valence-electron chi connectivity index (χ4n) is 3.41. The van der Waals surface area contributed by atoms with Crippen molar-refractivity contribution in [3.05, 3.63) is 42.6 Å². The Bertz CT molecular complexity index is 971. The van der Waals surface area contributed by atoms with Gasteiger partial charge in [0.15, 0.2) is 0 Å². The molecule has 6 nitrogen and oxygen atoms in total. The van der Waals surface area contributed by atoms with Gasteiger partial charge in [-0.1, -0.05) is 12.1 Å². The first-order chi connectivity index (χ1) is 14.0. The minimum atomic E-state index is -0.0384. The van der Waals surface area contributed by atoms with Crippen LogP contribution in [0.1, 0.15) is 6.92 Å². The fraction of sp³-hybridized carbons (Fsp3) is 0.348. The topological polar surface area (TPSA) is 53.1 Å². The van der Waals surface area contributed by atoms with Crippen LogP contribution >= 0.6 is 0 Å². The summed E-state index contributed by atoms with van der Waals surface area (Å²) in [6.07, 6.45) is 1.78. The average Bonchev–Trinajstić information content (AvgIpc) is 2.72. The van der Waals surface area contributed by atoms with Gasteiger partial charge < -0.3 is 23.8 Å². The fourth-order valence-corrected chi connectivity index (χ4v) is 3.41. The summed E-state index contributed by atoms with van der Waals surface area (Å²) in [4.78, 5) is 6.78. The molecule has 0 bridgehead atoms. The molecule has 3 aromatic rings. The third-order valence-corrected chi connectivity index (χ3v) is 4.68. The van der Waals surface area contributed by atoms with E-state index in [1.807, 2.05) is 56.7 Å². The highest BCUT2D eigenvalue weighted by molar-refractivity contribution is 5.99. The van der Waals surface area contributed by atoms with Crippen molar-refractivity contribution >= 4 is 10.9 Å². The summed E-state index contributed by atoms with van der Waals surface area (Å²) in [5.74, 6) is 2.89. The van der Waals surface area contributed by atoms with Gasteiger partial charge in [-0.2, -0.15) is 0 Å². The Balaban J connectivity index is 2.25. The molecule has 154 valence electrons. The molecular formula is C23H28N2O4. The number of ether oxygens (including phenoxy) is 4. The van der Waals surface area contributed by atoms with Crippen molar-refractivity contribution in [3.63, 3.8) is 0 Å². The predicted octanol–water partition coefficient (Wildman–Crippen LogP) is 4.26. The first kappa shape index (κ1) is 20.7. The van der Waals surface area contributed by atoms with Crippen LogP contribution in [0.3, 0.4) is 0 Å². The maximum absolute atomic E-state index is 6.47. The minimum absolute atomic E-state index is 0.0384. The van der Waals surface area contributed by atoms with Gasteiger partial charge in [-0.05, 0) is 50.8 Å². The van der Waals surface area contributed by atoms with Gasteiger partial charge in [0.1, 0.15) is 34.6 Å². The minimum Gasteiger partial charge on any atom is -0.497 e. The molecule has 1 heterocycles. The van der Waals surface area contributed by atoms with E-state index < -0.39 is 0 Å². The lowest BCUT2D eigenvalue weighted by Crippen LogP contribution is -2.28. The summed E-state index contributed by atoms with van der Waals surface area (Å²) < 4.78 is 22.9. The van der Waals surface area contributed by atoms with Crippen LogP contribution in [0.5, 0.6) is 23.0 Å². The zero-order valence-corrected chi connectivity index (χ0v) is 17.9. The van der Waals surface area contributed by atoms with Crippen molar-refractivity contribution in [1.29, 1.82) is 0 Å². The lowest BCUT2D eigenvalue weighted by Gasteiger charge is -2.23. The Morgan fingerprint density at radius 2 is 1.55 bits per heavy atom. The van der Waals surface area contributed by atoms with Crippen LogP contribution in [0, 0.1) is 0 Å². The molecular weight excluding hydrogens is 368 g/mol. The quantitative estimate of drug-likeness (QED) is 0.567. The normalized spacial score (nSPS) is 12.1. The standard InChI is InChI=1S/C23H28N2O4/c1-15(14-25(2)3)29-23-18(16-7-9-17(26-4)10-8-16)13-24-22-20(28-6)12-11-19(27-5)21(22)23/h7-13,15H,14H2,1-6H3. The van der Waals surface area contributed by atoms with Gasteiger partial charge in [0.2, 0.25) is 0 Å². The summed E-state index contributed by atoms with van der Waals surface area (Å²) >= 11 is 0. The summed E-state index contributed by atoms with van der Waals surface area (Å²) in [6, 6.07) is 11.6. The summed E-state index contributed by atoms with van der Waals surface area (Å²) in [5, 5.41) is 0.797. The molecule has 1 atom stereocenters. The number of rotatable bonds is 8. The number of hydrogen-bond acceptors (Lipinski definition) is 6. The second kappa shape index (κ2) is 9.01. The number of fused-ring (bicyclic) bond motifs is 1.